The third-order valence-corrected chi connectivity index (χ3v) is 12.2. The van der Waals surface area contributed by atoms with E-state index in [1.165, 1.54) is 41.3 Å². The molecule has 0 saturated heterocycles. The van der Waals surface area contributed by atoms with Crippen LogP contribution in [-0.4, -0.2) is 61.5 Å². The topological polar surface area (TPSA) is 166 Å². The van der Waals surface area contributed by atoms with Gasteiger partial charge in [-0.3, -0.25) is 14.4 Å². The highest BCUT2D eigenvalue weighted by Gasteiger charge is 2.65. The number of phenols is 1. The number of fused-ring (bicyclic) bond motifs is 5. The maximum absolute atomic E-state index is 14.4. The fraction of sp³-hybridized carbons (Fsp3) is 0.400. The molecule has 0 unspecified atom stereocenters. The average Bonchev–Trinajstić information content (AvgIpc) is 3.41. The minimum atomic E-state index is -1.23. The van der Waals surface area contributed by atoms with Crippen LogP contribution in [0.5, 0.6) is 23.0 Å². The van der Waals surface area contributed by atoms with Gasteiger partial charge in [-0.05, 0) is 54.7 Å². The van der Waals surface area contributed by atoms with Crippen molar-refractivity contribution in [3.63, 3.8) is 0 Å². The Bertz CT molecular complexity index is 2570. The number of hydrogen-bond donors (Lipinski definition) is 1. The van der Waals surface area contributed by atoms with Crippen LogP contribution in [0, 0.1) is 16.7 Å². The molecule has 3 heterocycles. The van der Waals surface area contributed by atoms with Crippen molar-refractivity contribution in [2.45, 2.75) is 59.7 Å². The molecule has 14 nitrogen and oxygen atoms in total. The quantitative estimate of drug-likeness (QED) is 0.263. The Morgan fingerprint density at radius 2 is 1.57 bits per heavy atom. The summed E-state index contributed by atoms with van der Waals surface area (Å²) in [6.07, 6.45) is 5.69. The van der Waals surface area contributed by atoms with E-state index in [1.54, 1.807) is 52.1 Å². The molecule has 0 bridgehead atoms. The van der Waals surface area contributed by atoms with Crippen LogP contribution in [-0.2, 0) is 36.1 Å². The summed E-state index contributed by atoms with van der Waals surface area (Å²) in [6.45, 7) is 6.90. The number of ketones is 2. The van der Waals surface area contributed by atoms with Gasteiger partial charge in [-0.2, -0.15) is 0 Å². The van der Waals surface area contributed by atoms with E-state index in [-0.39, 0.29) is 60.2 Å². The number of aryl methyl sites for hydroxylation is 2. The Morgan fingerprint density at radius 3 is 2.26 bits per heavy atom. The molecule has 1 aliphatic heterocycles. The molecule has 2 aromatic heterocycles. The zero-order valence-electron chi connectivity index (χ0n) is 31.6. The number of ether oxygens (including phenoxy) is 3. The Kier molecular flexibility index (Phi) is 8.70. The highest BCUT2D eigenvalue weighted by molar-refractivity contribution is 6.17. The van der Waals surface area contributed by atoms with E-state index in [0.29, 0.717) is 39.2 Å². The zero-order chi connectivity index (χ0) is 39.0. The van der Waals surface area contributed by atoms with Gasteiger partial charge in [-0.1, -0.05) is 38.1 Å². The second-order valence-corrected chi connectivity index (χ2v) is 14.6. The highest BCUT2D eigenvalue weighted by Crippen LogP contribution is 2.63. The van der Waals surface area contributed by atoms with Gasteiger partial charge in [0.25, 0.3) is 5.56 Å². The fourth-order valence-corrected chi connectivity index (χ4v) is 8.75. The van der Waals surface area contributed by atoms with Gasteiger partial charge in [0.1, 0.15) is 5.69 Å². The zero-order valence-corrected chi connectivity index (χ0v) is 31.6. The second-order valence-electron chi connectivity index (χ2n) is 14.6. The van der Waals surface area contributed by atoms with Crippen molar-refractivity contribution in [2.24, 2.45) is 23.8 Å². The first-order valence-corrected chi connectivity index (χ1v) is 17.7. The van der Waals surface area contributed by atoms with E-state index in [9.17, 15) is 29.1 Å². The first-order chi connectivity index (χ1) is 25.6. The molecule has 4 atom stereocenters. The molecule has 54 heavy (non-hydrogen) atoms. The van der Waals surface area contributed by atoms with E-state index in [1.807, 2.05) is 25.2 Å². The maximum Gasteiger partial charge on any atom is 0.347 e. The predicted octanol–water partition coefficient (Wildman–Crippen LogP) is 3.75. The second kappa shape index (κ2) is 12.9. The monoisotopic (exact) mass is 737 g/mol. The molecule has 14 heteroatoms. The third kappa shape index (κ3) is 5.06. The summed E-state index contributed by atoms with van der Waals surface area (Å²) in [4.78, 5) is 75.0. The number of aromatic nitrogens is 5. The summed E-state index contributed by atoms with van der Waals surface area (Å²) in [7, 11) is 6.07. The largest absolute Gasteiger partial charge is 0.504 e. The van der Waals surface area contributed by atoms with Gasteiger partial charge in [0.05, 0.1) is 50.4 Å². The molecule has 0 spiro atoms. The number of carbonyl (C=O) groups excluding carboxylic acids is 2. The summed E-state index contributed by atoms with van der Waals surface area (Å²) >= 11 is 0. The maximum atomic E-state index is 14.4. The lowest BCUT2D eigenvalue weighted by Gasteiger charge is -2.57. The molecule has 282 valence electrons. The molecule has 0 amide bonds. The summed E-state index contributed by atoms with van der Waals surface area (Å²) in [5.74, 6) is 0.173. The fourth-order valence-electron chi connectivity index (χ4n) is 8.75. The smallest absolute Gasteiger partial charge is 0.347 e. The van der Waals surface area contributed by atoms with Crippen LogP contribution >= 0.6 is 0 Å². The average molecular weight is 738 g/mol. The van der Waals surface area contributed by atoms with Crippen LogP contribution in [0.25, 0.3) is 17.1 Å². The lowest BCUT2D eigenvalue weighted by Crippen LogP contribution is -2.61. The van der Waals surface area contributed by atoms with Gasteiger partial charge in [0.15, 0.2) is 34.6 Å². The molecule has 1 saturated carbocycles. The minimum Gasteiger partial charge on any atom is -0.504 e. The summed E-state index contributed by atoms with van der Waals surface area (Å²) in [5, 5.41) is 10.2. The number of hydrogen-bond acceptors (Lipinski definition) is 10. The normalized spacial score (nSPS) is 23.7. The van der Waals surface area contributed by atoms with Crippen LogP contribution in [0.3, 0.4) is 0 Å². The number of allylic oxidation sites excluding steroid dienone is 5. The Hall–Kier alpha value is -5.92. The lowest BCUT2D eigenvalue weighted by atomic mass is 9.44. The molecule has 1 N–H and O–H groups in total. The van der Waals surface area contributed by atoms with Gasteiger partial charge in [0.2, 0.25) is 0 Å². The number of aromatic hydroxyl groups is 1. The van der Waals surface area contributed by atoms with Crippen molar-refractivity contribution < 1.29 is 28.9 Å². The number of methoxy groups -OCH3 is 3. The number of phenolic OH excluding ortho intramolecular Hbond substituents is 1. The third-order valence-electron chi connectivity index (χ3n) is 12.2. The van der Waals surface area contributed by atoms with Crippen LogP contribution < -0.4 is 31.1 Å². The van der Waals surface area contributed by atoms with Gasteiger partial charge >= 0.3 is 11.4 Å². The minimum absolute atomic E-state index is 0.00539. The van der Waals surface area contributed by atoms with Crippen molar-refractivity contribution in [3.05, 3.63) is 102 Å². The molecule has 4 aromatic rings. The van der Waals surface area contributed by atoms with E-state index >= 15 is 0 Å². The van der Waals surface area contributed by atoms with E-state index in [4.69, 9.17) is 14.2 Å². The SMILES string of the molecule is COc1cc(C=C[C@H]2C3=CCn4c(=O)n(CCc5nc6cc(OC)c(OC)cc6n(C)c5=O)c(=O)n4[C@@H]3C[C@@]3(C)C(=O)C(C)=C(C)C(=O)[C@@]23C)ccc1O. The number of nitrogens with zero attached hydrogens (tertiary/aromatic N) is 5. The van der Waals surface area contributed by atoms with Crippen molar-refractivity contribution in [2.75, 3.05) is 21.3 Å². The predicted molar refractivity (Wildman–Crippen MR) is 200 cm³/mol. The Balaban J connectivity index is 1.31. The van der Waals surface area contributed by atoms with Crippen molar-refractivity contribution >= 4 is 28.7 Å². The number of carbonyl (C=O) groups is 2. The van der Waals surface area contributed by atoms with Crippen LogP contribution in [0.2, 0.25) is 0 Å². The first kappa shape index (κ1) is 36.4. The molecule has 3 aliphatic rings. The standard InChI is InChI=1S/C40H43N5O9/c1-21-22(2)35(48)40(4)25(11-9-23-10-12-30(46)31(17-23)52-6)24-13-16-44-37(50)43(38(51)45(44)29(24)20-39(40,3)34(21)47)15-14-26-36(49)42(5)28-19-33(54-8)32(53-7)18-27(28)41-26/h9-13,17-19,25,29,46H,14-16,20H2,1-8H3/t25-,29+,39-,40+/m0/s1. The van der Waals surface area contributed by atoms with Crippen LogP contribution in [0.4, 0.5) is 0 Å². The van der Waals surface area contributed by atoms with Crippen LogP contribution in [0.1, 0.15) is 51.4 Å². The molecular formula is C40H43N5O9. The molecule has 1 fully saturated rings. The van der Waals surface area contributed by atoms with Gasteiger partial charge < -0.3 is 23.9 Å². The van der Waals surface area contributed by atoms with E-state index in [0.717, 1.165) is 10.1 Å². The molecule has 2 aromatic carbocycles. The Morgan fingerprint density at radius 1 is 0.907 bits per heavy atom. The van der Waals surface area contributed by atoms with Crippen LogP contribution in [0.15, 0.2) is 73.6 Å². The highest BCUT2D eigenvalue weighted by atomic mass is 16.5. The summed E-state index contributed by atoms with van der Waals surface area (Å²) in [6, 6.07) is 7.50. The summed E-state index contributed by atoms with van der Waals surface area (Å²) in [5.41, 5.74) is -0.562. The molecular weight excluding hydrogens is 694 g/mol. The Labute approximate surface area is 310 Å². The van der Waals surface area contributed by atoms with Gasteiger partial charge in [-0.25, -0.2) is 28.5 Å². The number of Topliss-reactive ketones (excluding diaryl/α,β-unsaturated/α-hetero) is 2. The molecule has 7 rings (SSSR count). The van der Waals surface area contributed by atoms with Crippen molar-refractivity contribution in [3.8, 4) is 23.0 Å². The van der Waals surface area contributed by atoms with Crippen molar-refractivity contribution in [1.29, 1.82) is 0 Å². The number of rotatable bonds is 8. The van der Waals surface area contributed by atoms with E-state index in [2.05, 4.69) is 4.98 Å². The summed E-state index contributed by atoms with van der Waals surface area (Å²) < 4.78 is 21.4. The van der Waals surface area contributed by atoms with Crippen molar-refractivity contribution in [1.82, 2.24) is 23.5 Å². The lowest BCUT2D eigenvalue weighted by molar-refractivity contribution is -0.152. The number of benzene rings is 2. The first-order valence-electron chi connectivity index (χ1n) is 17.7. The molecule has 2 aliphatic carbocycles. The van der Waals surface area contributed by atoms with Gasteiger partial charge in [0, 0.05) is 43.5 Å². The molecule has 0 radical (unpaired) electrons. The van der Waals surface area contributed by atoms with E-state index < -0.39 is 34.2 Å². The van der Waals surface area contributed by atoms with Gasteiger partial charge in [-0.15, -0.1) is 0 Å².